The van der Waals surface area contributed by atoms with Crippen molar-refractivity contribution in [3.05, 3.63) is 47.8 Å². The van der Waals surface area contributed by atoms with Gasteiger partial charge in [-0.25, -0.2) is 4.98 Å². The Labute approximate surface area is 111 Å². The van der Waals surface area contributed by atoms with Crippen LogP contribution in [0.25, 0.3) is 0 Å². The van der Waals surface area contributed by atoms with Gasteiger partial charge < -0.3 is 15.8 Å². The number of carbonyl (C=O) groups excluding carboxylic acids is 1. The summed E-state index contributed by atoms with van der Waals surface area (Å²) in [6, 6.07) is 8.75. The van der Waals surface area contributed by atoms with E-state index in [1.807, 2.05) is 19.1 Å². The number of anilines is 2. The van der Waals surface area contributed by atoms with Gasteiger partial charge >= 0.3 is 0 Å². The molecule has 1 aromatic carbocycles. The number of pyridine rings is 1. The molecule has 2 rings (SSSR count). The number of amides is 1. The highest BCUT2D eigenvalue weighted by molar-refractivity contribution is 6.03. The molecule has 0 aliphatic carbocycles. The van der Waals surface area contributed by atoms with Crippen molar-refractivity contribution < 1.29 is 9.53 Å². The Balaban J connectivity index is 2.21. The van der Waals surface area contributed by atoms with E-state index in [9.17, 15) is 4.79 Å². The van der Waals surface area contributed by atoms with Crippen LogP contribution in [-0.2, 0) is 0 Å². The van der Waals surface area contributed by atoms with E-state index in [0.29, 0.717) is 22.8 Å². The van der Waals surface area contributed by atoms with Crippen LogP contribution in [0.15, 0.2) is 36.5 Å². The maximum Gasteiger partial charge on any atom is 0.274 e. The third-order valence-corrected chi connectivity index (χ3v) is 2.62. The lowest BCUT2D eigenvalue weighted by molar-refractivity contribution is 0.102. The van der Waals surface area contributed by atoms with E-state index in [1.54, 1.807) is 25.3 Å². The predicted octanol–water partition coefficient (Wildman–Crippen LogP) is 2.23. The number of nitrogens with zero attached hydrogens (tertiary/aromatic N) is 1. The lowest BCUT2D eigenvalue weighted by Gasteiger charge is -2.10. The van der Waals surface area contributed by atoms with Gasteiger partial charge in [0.1, 0.15) is 11.4 Å². The zero-order chi connectivity index (χ0) is 13.8. The number of nitrogens with one attached hydrogen (secondary N) is 1. The van der Waals surface area contributed by atoms with Crippen molar-refractivity contribution in [3.8, 4) is 5.75 Å². The minimum absolute atomic E-state index is 0.303. The van der Waals surface area contributed by atoms with Crippen molar-refractivity contribution in [2.45, 2.75) is 6.92 Å². The van der Waals surface area contributed by atoms with Crippen molar-refractivity contribution in [2.24, 2.45) is 0 Å². The first-order chi connectivity index (χ1) is 9.10. The first-order valence-corrected chi connectivity index (χ1v) is 5.77. The number of benzene rings is 1. The molecule has 0 aliphatic rings. The van der Waals surface area contributed by atoms with E-state index in [-0.39, 0.29) is 5.91 Å². The van der Waals surface area contributed by atoms with E-state index < -0.39 is 0 Å². The highest BCUT2D eigenvalue weighted by atomic mass is 16.5. The van der Waals surface area contributed by atoms with Gasteiger partial charge in [-0.1, -0.05) is 6.07 Å². The number of nitrogen functional groups attached to an aromatic ring is 1. The minimum Gasteiger partial charge on any atom is -0.495 e. The summed E-state index contributed by atoms with van der Waals surface area (Å²) in [6.07, 6.45) is 1.45. The highest BCUT2D eigenvalue weighted by Crippen LogP contribution is 2.25. The second-order valence-electron chi connectivity index (χ2n) is 4.13. The van der Waals surface area contributed by atoms with Crippen molar-refractivity contribution >= 4 is 17.3 Å². The summed E-state index contributed by atoms with van der Waals surface area (Å²) in [5.41, 5.74) is 8.01. The Kier molecular flexibility index (Phi) is 3.66. The summed E-state index contributed by atoms with van der Waals surface area (Å²) in [5.74, 6) is 0.311. The monoisotopic (exact) mass is 257 g/mol. The number of aryl methyl sites for hydroxylation is 1. The molecule has 1 heterocycles. The van der Waals surface area contributed by atoms with Crippen molar-refractivity contribution in [1.29, 1.82) is 0 Å². The SMILES string of the molecule is COc1cc(C)ccc1NC(=O)c1ccc(N)cn1. The molecule has 3 N–H and O–H groups in total. The molecule has 5 heteroatoms. The molecule has 0 saturated carbocycles. The number of nitrogens with two attached hydrogens (primary N) is 1. The summed E-state index contributed by atoms with van der Waals surface area (Å²) in [4.78, 5) is 16.0. The molecular formula is C14H15N3O2. The Hall–Kier alpha value is -2.56. The standard InChI is InChI=1S/C14H15N3O2/c1-9-3-5-11(13(7-9)19-2)17-14(18)12-6-4-10(15)8-16-12/h3-8H,15H2,1-2H3,(H,17,18). The van der Waals surface area contributed by atoms with Crippen molar-refractivity contribution in [2.75, 3.05) is 18.2 Å². The van der Waals surface area contributed by atoms with Crippen LogP contribution in [0.4, 0.5) is 11.4 Å². The Bertz CT molecular complexity index is 594. The highest BCUT2D eigenvalue weighted by Gasteiger charge is 2.10. The second-order valence-corrected chi connectivity index (χ2v) is 4.13. The van der Waals surface area contributed by atoms with Crippen LogP contribution in [0.3, 0.4) is 0 Å². The molecule has 0 unspecified atom stereocenters. The predicted molar refractivity (Wildman–Crippen MR) is 74.3 cm³/mol. The smallest absolute Gasteiger partial charge is 0.274 e. The maximum absolute atomic E-state index is 12.0. The van der Waals surface area contributed by atoms with E-state index in [0.717, 1.165) is 5.56 Å². The van der Waals surface area contributed by atoms with Crippen LogP contribution >= 0.6 is 0 Å². The van der Waals surface area contributed by atoms with Gasteiger partial charge in [-0.2, -0.15) is 0 Å². The molecule has 1 aromatic heterocycles. The van der Waals surface area contributed by atoms with Crippen LogP contribution in [0.2, 0.25) is 0 Å². The largest absolute Gasteiger partial charge is 0.495 e. The molecule has 0 bridgehead atoms. The molecule has 2 aromatic rings. The fraction of sp³-hybridized carbons (Fsp3) is 0.143. The van der Waals surface area contributed by atoms with Gasteiger partial charge in [-0.05, 0) is 36.8 Å². The van der Waals surface area contributed by atoms with Crippen LogP contribution in [0.5, 0.6) is 5.75 Å². The molecule has 19 heavy (non-hydrogen) atoms. The number of hydrogen-bond acceptors (Lipinski definition) is 4. The van der Waals surface area contributed by atoms with Gasteiger partial charge in [0.05, 0.1) is 24.7 Å². The molecular weight excluding hydrogens is 242 g/mol. The van der Waals surface area contributed by atoms with E-state index >= 15 is 0 Å². The molecule has 0 aliphatic heterocycles. The molecule has 0 atom stereocenters. The summed E-state index contributed by atoms with van der Waals surface area (Å²) in [7, 11) is 1.56. The van der Waals surface area contributed by atoms with Crippen LogP contribution in [-0.4, -0.2) is 18.0 Å². The lowest BCUT2D eigenvalue weighted by Crippen LogP contribution is -2.14. The fourth-order valence-electron chi connectivity index (χ4n) is 1.63. The quantitative estimate of drug-likeness (QED) is 0.884. The number of aromatic nitrogens is 1. The van der Waals surface area contributed by atoms with Gasteiger partial charge in [0.25, 0.3) is 5.91 Å². The number of methoxy groups -OCH3 is 1. The van der Waals surface area contributed by atoms with Gasteiger partial charge in [-0.15, -0.1) is 0 Å². The first kappa shape index (κ1) is 12.9. The second kappa shape index (κ2) is 5.39. The van der Waals surface area contributed by atoms with Crippen LogP contribution in [0.1, 0.15) is 16.1 Å². The average molecular weight is 257 g/mol. The summed E-state index contributed by atoms with van der Waals surface area (Å²) in [6.45, 7) is 1.95. The van der Waals surface area contributed by atoms with Crippen LogP contribution < -0.4 is 15.8 Å². The van der Waals surface area contributed by atoms with Gasteiger partial charge in [0.2, 0.25) is 0 Å². The number of ether oxygens (including phenoxy) is 1. The van der Waals surface area contributed by atoms with Gasteiger partial charge in [0, 0.05) is 0 Å². The topological polar surface area (TPSA) is 77.2 Å². The molecule has 5 nitrogen and oxygen atoms in total. The zero-order valence-corrected chi connectivity index (χ0v) is 10.8. The van der Waals surface area contributed by atoms with E-state index in [1.165, 1.54) is 6.20 Å². The normalized spacial score (nSPS) is 10.0. The zero-order valence-electron chi connectivity index (χ0n) is 10.8. The molecule has 0 radical (unpaired) electrons. The van der Waals surface area contributed by atoms with E-state index in [4.69, 9.17) is 10.5 Å². The summed E-state index contributed by atoms with van der Waals surface area (Å²) < 4.78 is 5.23. The van der Waals surface area contributed by atoms with Crippen molar-refractivity contribution in [3.63, 3.8) is 0 Å². The average Bonchev–Trinajstić information content (AvgIpc) is 2.41. The van der Waals surface area contributed by atoms with Gasteiger partial charge in [0.15, 0.2) is 0 Å². The number of rotatable bonds is 3. The van der Waals surface area contributed by atoms with Gasteiger partial charge in [-0.3, -0.25) is 4.79 Å². The first-order valence-electron chi connectivity index (χ1n) is 5.77. The third kappa shape index (κ3) is 3.01. The molecule has 1 amide bonds. The van der Waals surface area contributed by atoms with Crippen molar-refractivity contribution in [1.82, 2.24) is 4.98 Å². The summed E-state index contributed by atoms with van der Waals surface area (Å²) in [5, 5.41) is 2.76. The third-order valence-electron chi connectivity index (χ3n) is 2.62. The summed E-state index contributed by atoms with van der Waals surface area (Å²) >= 11 is 0. The lowest BCUT2D eigenvalue weighted by atomic mass is 10.2. The number of carbonyl (C=O) groups is 1. The van der Waals surface area contributed by atoms with E-state index in [2.05, 4.69) is 10.3 Å². The Morgan fingerprint density at radius 1 is 1.32 bits per heavy atom. The maximum atomic E-state index is 12.0. The Morgan fingerprint density at radius 3 is 2.74 bits per heavy atom. The fourth-order valence-corrected chi connectivity index (χ4v) is 1.63. The molecule has 0 saturated heterocycles. The minimum atomic E-state index is -0.304. The number of hydrogen-bond donors (Lipinski definition) is 2. The Morgan fingerprint density at radius 2 is 2.11 bits per heavy atom. The molecule has 0 spiro atoms. The van der Waals surface area contributed by atoms with Crippen LogP contribution in [0, 0.1) is 6.92 Å². The molecule has 98 valence electrons. The molecule has 0 fully saturated rings.